The van der Waals surface area contributed by atoms with Crippen LogP contribution in [0, 0.1) is 5.41 Å². The summed E-state index contributed by atoms with van der Waals surface area (Å²) in [7, 11) is 0. The van der Waals surface area contributed by atoms with E-state index >= 15 is 0 Å². The van der Waals surface area contributed by atoms with Gasteiger partial charge in [0.1, 0.15) is 5.69 Å². The summed E-state index contributed by atoms with van der Waals surface area (Å²) in [5, 5.41) is 17.6. The van der Waals surface area contributed by atoms with Crippen LogP contribution in [0.5, 0.6) is 0 Å². The minimum atomic E-state index is -2.72. The summed E-state index contributed by atoms with van der Waals surface area (Å²) in [6.07, 6.45) is 2.28. The SMILES string of the molecule is CC(C)(O)C12CC(NC(=O)c3cnc(-n4nc(C(F)F)c5ccccc54)nc3)(C1)C2. The van der Waals surface area contributed by atoms with Gasteiger partial charge in [-0.05, 0) is 39.2 Å². The number of amides is 1. The molecule has 3 aliphatic carbocycles. The number of aliphatic hydroxyl groups is 1. The predicted molar refractivity (Wildman–Crippen MR) is 104 cm³/mol. The molecule has 2 aromatic heterocycles. The van der Waals surface area contributed by atoms with Crippen molar-refractivity contribution in [2.75, 3.05) is 0 Å². The quantitative estimate of drug-likeness (QED) is 0.670. The largest absolute Gasteiger partial charge is 0.390 e. The van der Waals surface area contributed by atoms with Crippen LogP contribution in [0.4, 0.5) is 8.78 Å². The Bertz CT molecular complexity index is 1130. The van der Waals surface area contributed by atoms with Gasteiger partial charge in [0.25, 0.3) is 18.3 Å². The summed E-state index contributed by atoms with van der Waals surface area (Å²) in [6.45, 7) is 3.62. The van der Waals surface area contributed by atoms with Crippen LogP contribution in [0.2, 0.25) is 0 Å². The Labute approximate surface area is 171 Å². The molecule has 0 aliphatic heterocycles. The van der Waals surface area contributed by atoms with E-state index in [1.807, 2.05) is 13.8 Å². The molecule has 3 fully saturated rings. The maximum atomic E-state index is 13.3. The van der Waals surface area contributed by atoms with Gasteiger partial charge in [0.05, 0.1) is 16.7 Å². The van der Waals surface area contributed by atoms with Crippen LogP contribution in [0.3, 0.4) is 0 Å². The number of rotatable bonds is 5. The molecule has 2 heterocycles. The number of carbonyl (C=O) groups is 1. The second kappa shape index (κ2) is 6.04. The zero-order valence-corrected chi connectivity index (χ0v) is 16.6. The lowest BCUT2D eigenvalue weighted by Gasteiger charge is -2.74. The molecule has 0 unspecified atom stereocenters. The smallest absolute Gasteiger partial charge is 0.282 e. The van der Waals surface area contributed by atoms with Crippen molar-refractivity contribution in [1.82, 2.24) is 25.1 Å². The molecule has 156 valence electrons. The average molecular weight is 413 g/mol. The first kappa shape index (κ1) is 19.0. The third-order valence-corrected chi connectivity index (χ3v) is 6.62. The lowest BCUT2D eigenvalue weighted by Crippen LogP contribution is -2.79. The fourth-order valence-corrected chi connectivity index (χ4v) is 4.83. The predicted octanol–water partition coefficient (Wildman–Crippen LogP) is 3.18. The lowest BCUT2D eigenvalue weighted by atomic mass is 9.35. The number of halogens is 2. The molecule has 3 aliphatic rings. The minimum Gasteiger partial charge on any atom is -0.390 e. The molecule has 6 rings (SSSR count). The summed E-state index contributed by atoms with van der Waals surface area (Å²) in [5.74, 6) is -0.176. The van der Waals surface area contributed by atoms with Crippen LogP contribution >= 0.6 is 0 Å². The van der Waals surface area contributed by atoms with E-state index in [4.69, 9.17) is 0 Å². The Hall–Kier alpha value is -2.94. The van der Waals surface area contributed by atoms with Gasteiger partial charge in [0.2, 0.25) is 0 Å². The van der Waals surface area contributed by atoms with Crippen molar-refractivity contribution in [2.24, 2.45) is 5.41 Å². The number of aromatic nitrogens is 4. The van der Waals surface area contributed by atoms with Gasteiger partial charge in [0.15, 0.2) is 0 Å². The summed E-state index contributed by atoms with van der Waals surface area (Å²) < 4.78 is 27.9. The van der Waals surface area contributed by atoms with Crippen molar-refractivity contribution < 1.29 is 18.7 Å². The Balaban J connectivity index is 1.35. The van der Waals surface area contributed by atoms with Crippen molar-refractivity contribution in [3.8, 4) is 5.95 Å². The number of nitrogens with zero attached hydrogens (tertiary/aromatic N) is 4. The molecule has 7 nitrogen and oxygen atoms in total. The molecule has 1 amide bonds. The van der Waals surface area contributed by atoms with Crippen LogP contribution in [0.1, 0.15) is 55.6 Å². The topological polar surface area (TPSA) is 92.9 Å². The number of hydrogen-bond donors (Lipinski definition) is 2. The van der Waals surface area contributed by atoms with Crippen molar-refractivity contribution in [3.05, 3.63) is 47.9 Å². The van der Waals surface area contributed by atoms with E-state index in [-0.39, 0.29) is 34.1 Å². The van der Waals surface area contributed by atoms with Crippen molar-refractivity contribution in [2.45, 2.75) is 50.7 Å². The summed E-state index contributed by atoms with van der Waals surface area (Å²) >= 11 is 0. The van der Waals surface area contributed by atoms with Gasteiger partial charge in [-0.25, -0.2) is 18.7 Å². The number of benzene rings is 1. The monoisotopic (exact) mass is 413 g/mol. The lowest BCUT2D eigenvalue weighted by molar-refractivity contribution is -0.247. The molecular weight excluding hydrogens is 392 g/mol. The second-order valence-electron chi connectivity index (χ2n) is 8.99. The molecule has 2 bridgehead atoms. The average Bonchev–Trinajstić information content (AvgIpc) is 3.02. The number of carbonyl (C=O) groups excluding carboxylic acids is 1. The summed E-state index contributed by atoms with van der Waals surface area (Å²) in [5.41, 5.74) is -0.708. The molecule has 30 heavy (non-hydrogen) atoms. The Morgan fingerprint density at radius 2 is 1.83 bits per heavy atom. The zero-order chi connectivity index (χ0) is 21.3. The van der Waals surface area contributed by atoms with Crippen molar-refractivity contribution >= 4 is 16.8 Å². The van der Waals surface area contributed by atoms with Crippen LogP contribution < -0.4 is 5.32 Å². The Morgan fingerprint density at radius 1 is 1.20 bits per heavy atom. The normalized spacial score (nSPS) is 25.1. The molecule has 0 atom stereocenters. The van der Waals surface area contributed by atoms with E-state index < -0.39 is 12.0 Å². The summed E-state index contributed by atoms with van der Waals surface area (Å²) in [6, 6.07) is 6.63. The molecule has 0 saturated heterocycles. The van der Waals surface area contributed by atoms with Gasteiger partial charge in [-0.3, -0.25) is 4.79 Å². The second-order valence-corrected chi connectivity index (χ2v) is 8.99. The highest BCUT2D eigenvalue weighted by Gasteiger charge is 2.73. The maximum Gasteiger partial charge on any atom is 0.282 e. The maximum absolute atomic E-state index is 13.3. The van der Waals surface area contributed by atoms with Gasteiger partial charge in [0, 0.05) is 28.7 Å². The number of nitrogens with one attached hydrogen (secondary N) is 1. The van der Waals surface area contributed by atoms with E-state index in [0.717, 1.165) is 19.3 Å². The third kappa shape index (κ3) is 2.64. The molecule has 0 radical (unpaired) electrons. The molecule has 3 aromatic rings. The molecule has 3 saturated carbocycles. The first-order chi connectivity index (χ1) is 14.1. The van der Waals surface area contributed by atoms with Gasteiger partial charge >= 0.3 is 0 Å². The van der Waals surface area contributed by atoms with Gasteiger partial charge in [-0.2, -0.15) is 9.78 Å². The third-order valence-electron chi connectivity index (χ3n) is 6.62. The highest BCUT2D eigenvalue weighted by molar-refractivity contribution is 5.94. The summed E-state index contributed by atoms with van der Waals surface area (Å²) in [4.78, 5) is 21.0. The Kier molecular flexibility index (Phi) is 3.83. The van der Waals surface area contributed by atoms with E-state index in [1.165, 1.54) is 17.1 Å². The van der Waals surface area contributed by atoms with Crippen LogP contribution in [0.15, 0.2) is 36.7 Å². The molecule has 2 N–H and O–H groups in total. The van der Waals surface area contributed by atoms with Crippen molar-refractivity contribution in [1.29, 1.82) is 0 Å². The first-order valence-electron chi connectivity index (χ1n) is 9.76. The van der Waals surface area contributed by atoms with E-state index in [9.17, 15) is 18.7 Å². The van der Waals surface area contributed by atoms with Gasteiger partial charge in [-0.1, -0.05) is 18.2 Å². The standard InChI is InChI=1S/C21H21F2N5O2/c1-19(2,30)20-9-21(10-20,11-20)26-17(29)12-7-24-18(25-8-12)28-14-6-4-3-5-13(14)15(27-28)16(22)23/h3-8,16,30H,9-11H2,1-2H3,(H,26,29). The first-order valence-corrected chi connectivity index (χ1v) is 9.76. The van der Waals surface area contributed by atoms with Gasteiger partial charge in [-0.15, -0.1) is 0 Å². The Morgan fingerprint density at radius 3 is 2.43 bits per heavy atom. The highest BCUT2D eigenvalue weighted by atomic mass is 19.3. The molecular formula is C21H21F2N5O2. The fourth-order valence-electron chi connectivity index (χ4n) is 4.83. The van der Waals surface area contributed by atoms with Crippen LogP contribution in [-0.2, 0) is 0 Å². The number of hydrogen-bond acceptors (Lipinski definition) is 5. The minimum absolute atomic E-state index is 0.107. The number of fused-ring (bicyclic) bond motifs is 1. The molecule has 0 spiro atoms. The zero-order valence-electron chi connectivity index (χ0n) is 16.6. The highest BCUT2D eigenvalue weighted by Crippen LogP contribution is 2.71. The fraction of sp³-hybridized carbons (Fsp3) is 0.429. The molecule has 1 aromatic carbocycles. The van der Waals surface area contributed by atoms with Crippen LogP contribution in [0.25, 0.3) is 16.9 Å². The van der Waals surface area contributed by atoms with E-state index in [1.54, 1.807) is 24.3 Å². The number of para-hydroxylation sites is 1. The van der Waals surface area contributed by atoms with E-state index in [0.29, 0.717) is 10.9 Å². The van der Waals surface area contributed by atoms with E-state index in [2.05, 4.69) is 20.4 Å². The van der Waals surface area contributed by atoms with Crippen molar-refractivity contribution in [3.63, 3.8) is 0 Å². The van der Waals surface area contributed by atoms with Crippen LogP contribution in [-0.4, -0.2) is 41.9 Å². The van der Waals surface area contributed by atoms with Gasteiger partial charge < -0.3 is 10.4 Å². The number of alkyl halides is 2. The molecule has 9 heteroatoms.